The van der Waals surface area contributed by atoms with E-state index in [1.165, 1.54) is 28.4 Å². The largest absolute Gasteiger partial charge is 0.496 e. The van der Waals surface area contributed by atoms with Crippen molar-refractivity contribution in [1.82, 2.24) is 13.9 Å². The molecule has 0 fully saturated rings. The number of fused-ring (bicyclic) bond motifs is 1. The van der Waals surface area contributed by atoms with Gasteiger partial charge in [-0.1, -0.05) is 29.8 Å². The second kappa shape index (κ2) is 6.79. The zero-order valence-corrected chi connectivity index (χ0v) is 16.1. The molecule has 0 radical (unpaired) electrons. The Morgan fingerprint density at radius 2 is 1.73 bits per heavy atom. The molecule has 138 valence electrons. The van der Waals surface area contributed by atoms with Crippen LogP contribution in [0.2, 0.25) is 5.02 Å². The first-order valence-corrected chi connectivity index (χ1v) is 9.59. The summed E-state index contributed by atoms with van der Waals surface area (Å²) in [6.45, 7) is 0.0500. The summed E-state index contributed by atoms with van der Waals surface area (Å²) in [5.41, 5.74) is 1.49. The van der Waals surface area contributed by atoms with E-state index < -0.39 is 10.0 Å². The summed E-state index contributed by atoms with van der Waals surface area (Å²) in [4.78, 5) is 12.0. The maximum atomic E-state index is 12.7. The molecular weight excluding hydrogens is 378 g/mol. The monoisotopic (exact) mass is 395 g/mol. The quantitative estimate of drug-likeness (QED) is 0.716. The number of hydrogen-bond acceptors (Lipinski definition) is 4. The summed E-state index contributed by atoms with van der Waals surface area (Å²) in [6, 6.07) is 10.0. The van der Waals surface area contributed by atoms with Crippen molar-refractivity contribution in [3.8, 4) is 5.75 Å². The minimum atomic E-state index is -3.89. The first-order valence-electron chi connectivity index (χ1n) is 7.73. The molecule has 3 rings (SSSR count). The molecule has 0 saturated heterocycles. The van der Waals surface area contributed by atoms with Crippen LogP contribution in [-0.2, 0) is 30.7 Å². The predicted octanol–water partition coefficient (Wildman–Crippen LogP) is 2.02. The highest BCUT2D eigenvalue weighted by Gasteiger charge is 2.21. The summed E-state index contributed by atoms with van der Waals surface area (Å²) in [5, 5.41) is 0.0474. The van der Waals surface area contributed by atoms with Crippen LogP contribution < -0.4 is 15.1 Å². The van der Waals surface area contributed by atoms with Gasteiger partial charge >= 0.3 is 5.69 Å². The average molecular weight is 396 g/mol. The molecule has 7 nitrogen and oxygen atoms in total. The van der Waals surface area contributed by atoms with Crippen LogP contribution in [0.5, 0.6) is 5.75 Å². The van der Waals surface area contributed by atoms with E-state index in [-0.39, 0.29) is 22.2 Å². The first kappa shape index (κ1) is 18.5. The van der Waals surface area contributed by atoms with Crippen molar-refractivity contribution in [2.45, 2.75) is 11.4 Å². The van der Waals surface area contributed by atoms with Gasteiger partial charge in [-0.25, -0.2) is 17.9 Å². The van der Waals surface area contributed by atoms with Gasteiger partial charge in [0.25, 0.3) is 0 Å². The number of methoxy groups -OCH3 is 1. The smallest absolute Gasteiger partial charge is 0.328 e. The summed E-state index contributed by atoms with van der Waals surface area (Å²) in [7, 11) is 0.821. The standard InChI is InChI=1S/C17H18ClN3O4S/c1-20-13-8-12(18)16(9-14(13)21(2)17(20)22)26(23,24)19-10-11-6-4-5-7-15(11)25-3/h4-9,19H,10H2,1-3H3. The van der Waals surface area contributed by atoms with E-state index in [0.717, 1.165) is 0 Å². The van der Waals surface area contributed by atoms with Crippen LogP contribution in [-0.4, -0.2) is 24.7 Å². The lowest BCUT2D eigenvalue weighted by atomic mass is 10.2. The number of para-hydroxylation sites is 1. The van der Waals surface area contributed by atoms with Gasteiger partial charge in [-0.2, -0.15) is 0 Å². The van der Waals surface area contributed by atoms with E-state index >= 15 is 0 Å². The fraction of sp³-hybridized carbons (Fsp3) is 0.235. The minimum Gasteiger partial charge on any atom is -0.496 e. The maximum absolute atomic E-state index is 12.7. The number of ether oxygens (including phenoxy) is 1. The normalized spacial score (nSPS) is 11.8. The molecule has 26 heavy (non-hydrogen) atoms. The third-order valence-corrected chi connectivity index (χ3v) is 6.13. The molecule has 1 heterocycles. The number of imidazole rings is 1. The Bertz CT molecular complexity index is 1150. The summed E-state index contributed by atoms with van der Waals surface area (Å²) < 4.78 is 36.0. The number of nitrogens with zero attached hydrogens (tertiary/aromatic N) is 2. The van der Waals surface area contributed by atoms with E-state index in [9.17, 15) is 13.2 Å². The van der Waals surface area contributed by atoms with Gasteiger partial charge in [-0.3, -0.25) is 9.13 Å². The molecule has 0 unspecified atom stereocenters. The van der Waals surface area contributed by atoms with E-state index in [0.29, 0.717) is 22.3 Å². The molecule has 0 atom stereocenters. The van der Waals surface area contributed by atoms with Crippen LogP contribution in [0.4, 0.5) is 0 Å². The minimum absolute atomic E-state index is 0.0474. The summed E-state index contributed by atoms with van der Waals surface area (Å²) in [5.74, 6) is 0.585. The highest BCUT2D eigenvalue weighted by Crippen LogP contribution is 2.27. The van der Waals surface area contributed by atoms with Gasteiger partial charge in [0.15, 0.2) is 0 Å². The fourth-order valence-electron chi connectivity index (χ4n) is 2.81. The lowest BCUT2D eigenvalue weighted by Gasteiger charge is -2.11. The number of benzene rings is 2. The van der Waals surface area contributed by atoms with Crippen LogP contribution in [0.1, 0.15) is 5.56 Å². The van der Waals surface area contributed by atoms with E-state index in [1.807, 2.05) is 0 Å². The van der Waals surface area contributed by atoms with Gasteiger partial charge in [-0.05, 0) is 18.2 Å². The van der Waals surface area contributed by atoms with Crippen molar-refractivity contribution in [3.63, 3.8) is 0 Å². The van der Waals surface area contributed by atoms with Gasteiger partial charge < -0.3 is 4.74 Å². The second-order valence-corrected chi connectivity index (χ2v) is 7.95. The van der Waals surface area contributed by atoms with Crippen LogP contribution in [0, 0.1) is 0 Å². The van der Waals surface area contributed by atoms with Crippen molar-refractivity contribution in [1.29, 1.82) is 0 Å². The van der Waals surface area contributed by atoms with Gasteiger partial charge in [0, 0.05) is 26.2 Å². The van der Waals surface area contributed by atoms with Gasteiger partial charge in [-0.15, -0.1) is 0 Å². The van der Waals surface area contributed by atoms with Crippen LogP contribution in [0.25, 0.3) is 11.0 Å². The molecule has 0 aliphatic carbocycles. The Kier molecular flexibility index (Phi) is 4.83. The van der Waals surface area contributed by atoms with Gasteiger partial charge in [0.1, 0.15) is 10.6 Å². The summed E-state index contributed by atoms with van der Waals surface area (Å²) in [6.07, 6.45) is 0. The molecule has 0 aliphatic heterocycles. The molecule has 3 aromatic rings. The van der Waals surface area contributed by atoms with Crippen molar-refractivity contribution in [2.75, 3.05) is 7.11 Å². The molecule has 9 heteroatoms. The van der Waals surface area contributed by atoms with Crippen LogP contribution in [0.3, 0.4) is 0 Å². The fourth-order valence-corrected chi connectivity index (χ4v) is 4.35. The molecule has 0 amide bonds. The molecule has 2 aromatic carbocycles. The van der Waals surface area contributed by atoms with Crippen LogP contribution >= 0.6 is 11.6 Å². The van der Waals surface area contributed by atoms with Gasteiger partial charge in [0.05, 0.1) is 23.2 Å². The third-order valence-electron chi connectivity index (χ3n) is 4.26. The molecule has 0 spiro atoms. The Morgan fingerprint density at radius 1 is 1.12 bits per heavy atom. The topological polar surface area (TPSA) is 82.3 Å². The third kappa shape index (κ3) is 3.11. The molecule has 0 aliphatic rings. The van der Waals surface area contributed by atoms with Crippen molar-refractivity contribution < 1.29 is 13.2 Å². The molecule has 1 N–H and O–H groups in total. The Morgan fingerprint density at radius 3 is 2.38 bits per heavy atom. The van der Waals surface area contributed by atoms with Crippen molar-refractivity contribution in [3.05, 3.63) is 57.5 Å². The van der Waals surface area contributed by atoms with E-state index in [1.54, 1.807) is 38.4 Å². The number of sulfonamides is 1. The van der Waals surface area contributed by atoms with Gasteiger partial charge in [0.2, 0.25) is 10.0 Å². The Balaban J connectivity index is 2.00. The Labute approximate surface area is 155 Å². The Hall–Kier alpha value is -2.29. The highest BCUT2D eigenvalue weighted by molar-refractivity contribution is 7.89. The molecule has 0 bridgehead atoms. The lowest BCUT2D eigenvalue weighted by molar-refractivity contribution is 0.409. The maximum Gasteiger partial charge on any atom is 0.328 e. The number of hydrogen-bond donors (Lipinski definition) is 1. The summed E-state index contributed by atoms with van der Waals surface area (Å²) >= 11 is 6.19. The molecule has 0 saturated carbocycles. The molecule has 1 aromatic heterocycles. The van der Waals surface area contributed by atoms with Crippen molar-refractivity contribution in [2.24, 2.45) is 14.1 Å². The van der Waals surface area contributed by atoms with E-state index in [2.05, 4.69) is 4.72 Å². The molecular formula is C17H18ClN3O4S. The number of nitrogens with one attached hydrogen (secondary N) is 1. The SMILES string of the molecule is COc1ccccc1CNS(=O)(=O)c1cc2c(cc1Cl)n(C)c(=O)n2C. The number of rotatable bonds is 5. The number of halogens is 1. The second-order valence-electron chi connectivity index (χ2n) is 5.81. The van der Waals surface area contributed by atoms with Crippen molar-refractivity contribution >= 4 is 32.7 Å². The van der Waals surface area contributed by atoms with E-state index in [4.69, 9.17) is 16.3 Å². The zero-order valence-electron chi connectivity index (χ0n) is 14.5. The number of aromatic nitrogens is 2. The first-order chi connectivity index (χ1) is 12.3. The lowest BCUT2D eigenvalue weighted by Crippen LogP contribution is -2.24. The highest BCUT2D eigenvalue weighted by atomic mass is 35.5. The average Bonchev–Trinajstić information content (AvgIpc) is 2.83. The predicted molar refractivity (Wildman–Crippen MR) is 100 cm³/mol. The van der Waals surface area contributed by atoms with Crippen LogP contribution in [0.15, 0.2) is 46.1 Å². The number of aryl methyl sites for hydroxylation is 2. The zero-order chi connectivity index (χ0) is 19.1.